The maximum atomic E-state index is 16.7. The summed E-state index contributed by atoms with van der Waals surface area (Å²) in [5.41, 5.74) is 2.00. The van der Waals surface area contributed by atoms with Gasteiger partial charge in [-0.25, -0.2) is 17.6 Å². The molecular formula is C30H27F7N6O2S. The Morgan fingerprint density at radius 1 is 1.11 bits per heavy atom. The number of halogens is 7. The van der Waals surface area contributed by atoms with Gasteiger partial charge in [-0.3, -0.25) is 0 Å². The van der Waals surface area contributed by atoms with E-state index in [0.717, 1.165) is 18.6 Å². The summed E-state index contributed by atoms with van der Waals surface area (Å²) >= 11 is 0.646. The second kappa shape index (κ2) is 12.7. The molecule has 2 aromatic heterocycles. The van der Waals surface area contributed by atoms with Gasteiger partial charge in [0.1, 0.15) is 34.7 Å². The molecule has 4 atom stereocenters. The third-order valence-corrected chi connectivity index (χ3v) is 9.13. The van der Waals surface area contributed by atoms with E-state index in [-0.39, 0.29) is 59.2 Å². The molecule has 4 heterocycles. The van der Waals surface area contributed by atoms with Crippen LogP contribution in [0.3, 0.4) is 0 Å². The number of nitrogens with two attached hydrogens (primary N) is 1. The number of nitrogen functional groups attached to an aromatic ring is 1. The number of benzene rings is 2. The van der Waals surface area contributed by atoms with Gasteiger partial charge in [-0.1, -0.05) is 6.07 Å². The predicted molar refractivity (Wildman–Crippen MR) is 157 cm³/mol. The minimum atomic E-state index is -5.17. The highest BCUT2D eigenvalue weighted by Crippen LogP contribution is 2.48. The number of ether oxygens (including phenoxy) is 2. The molecule has 0 saturated carbocycles. The van der Waals surface area contributed by atoms with Gasteiger partial charge in [0.2, 0.25) is 5.88 Å². The third-order valence-electron chi connectivity index (χ3n) is 8.10. The molecule has 0 aliphatic carbocycles. The number of anilines is 1. The summed E-state index contributed by atoms with van der Waals surface area (Å²) in [5, 5.41) is 14.5. The molecule has 244 valence electrons. The van der Waals surface area contributed by atoms with E-state index in [1.165, 1.54) is 0 Å². The van der Waals surface area contributed by atoms with Crippen LogP contribution >= 0.6 is 11.3 Å². The molecule has 6 rings (SSSR count). The summed E-state index contributed by atoms with van der Waals surface area (Å²) in [6, 6.07) is 3.68. The van der Waals surface area contributed by atoms with Crippen molar-refractivity contribution in [3.8, 4) is 29.1 Å². The van der Waals surface area contributed by atoms with Crippen LogP contribution in [0.1, 0.15) is 30.4 Å². The largest absolute Gasteiger partial charge is 0.469 e. The molecule has 2 saturated heterocycles. The molecule has 2 aliphatic heterocycles. The highest BCUT2D eigenvalue weighted by atomic mass is 32.1. The van der Waals surface area contributed by atoms with Crippen LogP contribution in [0.2, 0.25) is 0 Å². The minimum Gasteiger partial charge on any atom is -0.469 e. The monoisotopic (exact) mass is 668 g/mol. The van der Waals surface area contributed by atoms with Gasteiger partial charge in [-0.05, 0) is 49.4 Å². The molecule has 0 spiro atoms. The standard InChI is InChI=1S/C30H27F7N6O2S/c31-14-6-13(2-1-5-40-9-14)12-44-29-42-25-16(28(43-29)45-21-11-41-10-20(21)33)7-18(30(35,36)37)23(24(25)34)15-3-4-19(32)26-22(15)17(8-38)27(39)46-26/h3-4,7,13-14,20-21,40-41H,1-2,5-6,9-12,39H2/t13-,14-,20-,21+/m1/s1. The van der Waals surface area contributed by atoms with Gasteiger partial charge in [-0.2, -0.15) is 28.4 Å². The molecule has 4 aromatic rings. The van der Waals surface area contributed by atoms with Gasteiger partial charge < -0.3 is 25.8 Å². The maximum Gasteiger partial charge on any atom is 0.417 e. The Kier molecular flexibility index (Phi) is 8.83. The zero-order chi connectivity index (χ0) is 32.7. The van der Waals surface area contributed by atoms with Crippen LogP contribution in [0.25, 0.3) is 32.1 Å². The van der Waals surface area contributed by atoms with E-state index in [1.807, 2.05) is 0 Å². The Bertz CT molecular complexity index is 1830. The lowest BCUT2D eigenvalue weighted by atomic mass is 9.92. The van der Waals surface area contributed by atoms with Gasteiger partial charge in [-0.15, -0.1) is 11.3 Å². The number of fused-ring (bicyclic) bond motifs is 2. The van der Waals surface area contributed by atoms with E-state index in [1.54, 1.807) is 6.07 Å². The topological polar surface area (TPSA) is 118 Å². The summed E-state index contributed by atoms with van der Waals surface area (Å²) in [6.07, 6.45) is -7.49. The van der Waals surface area contributed by atoms with Gasteiger partial charge in [0.05, 0.1) is 27.8 Å². The van der Waals surface area contributed by atoms with Crippen molar-refractivity contribution in [2.45, 2.75) is 43.9 Å². The van der Waals surface area contributed by atoms with Crippen molar-refractivity contribution >= 4 is 37.3 Å². The number of nitrogens with one attached hydrogen (secondary N) is 2. The minimum absolute atomic E-state index is 0.00756. The Morgan fingerprint density at radius 3 is 2.63 bits per heavy atom. The van der Waals surface area contributed by atoms with Crippen molar-refractivity contribution < 1.29 is 40.2 Å². The van der Waals surface area contributed by atoms with Gasteiger partial charge in [0, 0.05) is 30.6 Å². The molecule has 0 unspecified atom stereocenters. The van der Waals surface area contributed by atoms with Crippen LogP contribution in [-0.2, 0) is 6.18 Å². The zero-order valence-corrected chi connectivity index (χ0v) is 24.8. The number of aromatic nitrogens is 2. The number of rotatable bonds is 6. The summed E-state index contributed by atoms with van der Waals surface area (Å²) in [6.45, 7) is 0.645. The van der Waals surface area contributed by atoms with E-state index in [4.69, 9.17) is 15.2 Å². The highest BCUT2D eigenvalue weighted by Gasteiger charge is 2.39. The van der Waals surface area contributed by atoms with Crippen LogP contribution < -0.4 is 25.8 Å². The number of hydrogen-bond donors (Lipinski definition) is 3. The second-order valence-corrected chi connectivity index (χ2v) is 12.3. The van der Waals surface area contributed by atoms with Crippen molar-refractivity contribution in [3.63, 3.8) is 0 Å². The predicted octanol–water partition coefficient (Wildman–Crippen LogP) is 6.06. The fraction of sp³-hybridized carbons (Fsp3) is 0.433. The first-order valence-electron chi connectivity index (χ1n) is 14.5. The molecule has 2 aliphatic rings. The third kappa shape index (κ3) is 6.10. The van der Waals surface area contributed by atoms with Crippen LogP contribution in [0.4, 0.5) is 35.7 Å². The Labute approximate surface area is 261 Å². The van der Waals surface area contributed by atoms with Crippen LogP contribution in [0, 0.1) is 28.9 Å². The number of thiophene rings is 1. The molecule has 0 radical (unpaired) electrons. The molecule has 4 N–H and O–H groups in total. The fourth-order valence-electron chi connectivity index (χ4n) is 5.89. The highest BCUT2D eigenvalue weighted by molar-refractivity contribution is 7.23. The van der Waals surface area contributed by atoms with Crippen molar-refractivity contribution in [1.29, 1.82) is 5.26 Å². The molecule has 2 fully saturated rings. The fourth-order valence-corrected chi connectivity index (χ4v) is 6.84. The quantitative estimate of drug-likeness (QED) is 0.213. The first kappa shape index (κ1) is 32.0. The van der Waals surface area contributed by atoms with Crippen LogP contribution in [0.5, 0.6) is 11.9 Å². The number of nitriles is 1. The lowest BCUT2D eigenvalue weighted by Gasteiger charge is -2.23. The second-order valence-electron chi connectivity index (χ2n) is 11.3. The summed E-state index contributed by atoms with van der Waals surface area (Å²) < 4.78 is 116. The molecule has 0 bridgehead atoms. The molecule has 2 aromatic carbocycles. The Morgan fingerprint density at radius 2 is 1.91 bits per heavy atom. The molecule has 46 heavy (non-hydrogen) atoms. The van der Waals surface area contributed by atoms with E-state index in [2.05, 4.69) is 20.6 Å². The molecular weight excluding hydrogens is 641 g/mol. The van der Waals surface area contributed by atoms with Crippen molar-refractivity contribution in [3.05, 3.63) is 41.0 Å². The number of alkyl halides is 5. The smallest absolute Gasteiger partial charge is 0.417 e. The van der Waals surface area contributed by atoms with Crippen molar-refractivity contribution in [1.82, 2.24) is 20.6 Å². The lowest BCUT2D eigenvalue weighted by molar-refractivity contribution is -0.137. The maximum absolute atomic E-state index is 16.7. The van der Waals surface area contributed by atoms with Gasteiger partial charge in [0.25, 0.3) is 0 Å². The zero-order valence-electron chi connectivity index (χ0n) is 24.0. The molecule has 0 amide bonds. The SMILES string of the molecule is N#Cc1c(N)sc2c(F)ccc(-c3c(C(F)(F)F)cc4c(O[C@H]5CNC[C@H]5F)nc(OC[C@@H]5CCCNC[C@H](F)C5)nc4c3F)c12. The van der Waals surface area contributed by atoms with E-state index >= 15 is 4.39 Å². The molecule has 16 heteroatoms. The first-order valence-corrected chi connectivity index (χ1v) is 15.3. The Balaban J connectivity index is 1.54. The Hall–Kier alpha value is -3.94. The average molecular weight is 669 g/mol. The normalized spacial score (nSPS) is 22.5. The molecule has 8 nitrogen and oxygen atoms in total. The summed E-state index contributed by atoms with van der Waals surface area (Å²) in [7, 11) is 0. The lowest BCUT2D eigenvalue weighted by Crippen LogP contribution is -2.31. The van der Waals surface area contributed by atoms with E-state index in [0.29, 0.717) is 30.4 Å². The number of nitrogens with zero attached hydrogens (tertiary/aromatic N) is 3. The van der Waals surface area contributed by atoms with Gasteiger partial charge in [0.15, 0.2) is 12.0 Å². The van der Waals surface area contributed by atoms with Gasteiger partial charge >= 0.3 is 12.2 Å². The average Bonchev–Trinajstić information content (AvgIpc) is 3.56. The summed E-state index contributed by atoms with van der Waals surface area (Å²) in [4.78, 5) is 8.20. The van der Waals surface area contributed by atoms with Crippen LogP contribution in [0.15, 0.2) is 18.2 Å². The van der Waals surface area contributed by atoms with E-state index in [9.17, 15) is 31.6 Å². The number of hydrogen-bond acceptors (Lipinski definition) is 9. The summed E-state index contributed by atoms with van der Waals surface area (Å²) in [5.74, 6) is -3.14. The van der Waals surface area contributed by atoms with Crippen molar-refractivity contribution in [2.75, 3.05) is 38.5 Å². The van der Waals surface area contributed by atoms with Crippen LogP contribution in [-0.4, -0.2) is 61.2 Å². The van der Waals surface area contributed by atoms with E-state index < -0.39 is 75.7 Å². The van der Waals surface area contributed by atoms with Crippen molar-refractivity contribution in [2.24, 2.45) is 5.92 Å². The first-order chi connectivity index (χ1) is 22.0.